The van der Waals surface area contributed by atoms with E-state index in [2.05, 4.69) is 11.9 Å². The summed E-state index contributed by atoms with van der Waals surface area (Å²) >= 11 is 0. The Kier molecular flexibility index (Phi) is 5.48. The van der Waals surface area contributed by atoms with Gasteiger partial charge in [0.05, 0.1) is 6.10 Å². The molecule has 5 nitrogen and oxygen atoms in total. The number of rotatable bonds is 4. The van der Waals surface area contributed by atoms with E-state index in [9.17, 15) is 4.79 Å². The van der Waals surface area contributed by atoms with Crippen LogP contribution in [-0.2, 0) is 9.53 Å². The zero-order valence-electron chi connectivity index (χ0n) is 16.4. The Hall–Kier alpha value is -1.88. The van der Waals surface area contributed by atoms with Crippen molar-refractivity contribution in [3.05, 3.63) is 29.7 Å². The third-order valence-electron chi connectivity index (χ3n) is 6.28. The number of carbonyl (C=O) groups is 1. The van der Waals surface area contributed by atoms with Crippen LogP contribution in [0.4, 0.5) is 0 Å². The van der Waals surface area contributed by atoms with Gasteiger partial charge in [0.15, 0.2) is 11.5 Å². The first-order valence-corrected chi connectivity index (χ1v) is 10.4. The Morgan fingerprint density at radius 1 is 1.22 bits per heavy atom. The van der Waals surface area contributed by atoms with Crippen LogP contribution < -0.4 is 0 Å². The Morgan fingerprint density at radius 2 is 2.00 bits per heavy atom. The van der Waals surface area contributed by atoms with E-state index in [0.717, 1.165) is 54.9 Å². The highest BCUT2D eigenvalue weighted by Gasteiger charge is 2.28. The number of fused-ring (bicyclic) bond motifs is 1. The Labute approximate surface area is 161 Å². The van der Waals surface area contributed by atoms with E-state index in [0.29, 0.717) is 11.8 Å². The molecule has 1 aromatic heterocycles. The fourth-order valence-corrected chi connectivity index (χ4v) is 4.45. The van der Waals surface area contributed by atoms with E-state index >= 15 is 0 Å². The highest BCUT2D eigenvalue weighted by molar-refractivity contribution is 5.78. The molecule has 2 heterocycles. The normalized spacial score (nSPS) is 24.4. The molecule has 0 spiro atoms. The summed E-state index contributed by atoms with van der Waals surface area (Å²) in [5.41, 5.74) is 2.94. The summed E-state index contributed by atoms with van der Waals surface area (Å²) in [5, 5.41) is 0. The summed E-state index contributed by atoms with van der Waals surface area (Å²) in [6, 6.07) is 6.06. The van der Waals surface area contributed by atoms with Crippen molar-refractivity contribution in [3.8, 4) is 0 Å². The molecule has 0 N–H and O–H groups in total. The lowest BCUT2D eigenvalue weighted by Crippen LogP contribution is -2.41. The van der Waals surface area contributed by atoms with Crippen LogP contribution in [0.25, 0.3) is 11.1 Å². The second-order valence-corrected chi connectivity index (χ2v) is 8.24. The molecule has 1 aliphatic carbocycles. The summed E-state index contributed by atoms with van der Waals surface area (Å²) in [5.74, 6) is 1.80. The number of aromatic nitrogens is 1. The topological polar surface area (TPSA) is 55.6 Å². The Morgan fingerprint density at radius 3 is 2.74 bits per heavy atom. The second-order valence-electron chi connectivity index (χ2n) is 8.24. The minimum absolute atomic E-state index is 0.125. The van der Waals surface area contributed by atoms with Gasteiger partial charge in [-0.2, -0.15) is 0 Å². The first-order valence-electron chi connectivity index (χ1n) is 10.4. The maximum atomic E-state index is 12.5. The van der Waals surface area contributed by atoms with E-state index in [4.69, 9.17) is 9.15 Å². The van der Waals surface area contributed by atoms with Gasteiger partial charge in [-0.1, -0.05) is 31.9 Å². The first kappa shape index (κ1) is 18.5. The molecule has 1 aromatic carbocycles. The lowest BCUT2D eigenvalue weighted by atomic mass is 9.88. The standard InChI is InChI=1S/C22H30N2O3/c1-15-6-3-4-9-19(15)26-14-20(25)24-12-10-17(11-13-24)22-23-18-8-5-7-16(2)21(18)27-22/h5,7-8,15,17,19H,3-4,6,9-14H2,1-2H3. The van der Waals surface area contributed by atoms with Crippen molar-refractivity contribution in [3.63, 3.8) is 0 Å². The molecule has 1 amide bonds. The number of oxazole rings is 1. The van der Waals surface area contributed by atoms with Gasteiger partial charge in [0.25, 0.3) is 0 Å². The van der Waals surface area contributed by atoms with Crippen LogP contribution in [-0.4, -0.2) is 41.6 Å². The fourth-order valence-electron chi connectivity index (χ4n) is 4.45. The summed E-state index contributed by atoms with van der Waals surface area (Å²) in [7, 11) is 0. The van der Waals surface area contributed by atoms with E-state index in [1.54, 1.807) is 0 Å². The highest BCUT2D eigenvalue weighted by atomic mass is 16.5. The van der Waals surface area contributed by atoms with Gasteiger partial charge in [-0.25, -0.2) is 4.98 Å². The van der Waals surface area contributed by atoms with Crippen molar-refractivity contribution in [2.45, 2.75) is 64.4 Å². The first-order chi connectivity index (χ1) is 13.1. The monoisotopic (exact) mass is 370 g/mol. The van der Waals surface area contributed by atoms with Gasteiger partial charge in [-0.15, -0.1) is 0 Å². The molecule has 2 aromatic rings. The molecule has 5 heteroatoms. The van der Waals surface area contributed by atoms with Gasteiger partial charge in [0.1, 0.15) is 12.1 Å². The van der Waals surface area contributed by atoms with Gasteiger partial charge in [0, 0.05) is 19.0 Å². The average molecular weight is 370 g/mol. The summed E-state index contributed by atoms with van der Waals surface area (Å²) in [6.45, 7) is 6.02. The third kappa shape index (κ3) is 4.03. The molecule has 27 heavy (non-hydrogen) atoms. The predicted molar refractivity (Wildman–Crippen MR) is 105 cm³/mol. The van der Waals surface area contributed by atoms with Gasteiger partial charge in [0.2, 0.25) is 5.91 Å². The molecular formula is C22H30N2O3. The summed E-state index contributed by atoms with van der Waals surface area (Å²) < 4.78 is 12.0. The molecule has 2 fully saturated rings. The third-order valence-corrected chi connectivity index (χ3v) is 6.28. The quantitative estimate of drug-likeness (QED) is 0.798. The molecule has 1 saturated carbocycles. The molecule has 2 unspecified atom stereocenters. The molecular weight excluding hydrogens is 340 g/mol. The minimum Gasteiger partial charge on any atom is -0.440 e. The van der Waals surface area contributed by atoms with Crippen molar-refractivity contribution < 1.29 is 13.9 Å². The van der Waals surface area contributed by atoms with Crippen molar-refractivity contribution >= 4 is 17.0 Å². The maximum absolute atomic E-state index is 12.5. The number of benzene rings is 1. The molecule has 146 valence electrons. The zero-order chi connectivity index (χ0) is 18.8. The van der Waals surface area contributed by atoms with Crippen LogP contribution in [0, 0.1) is 12.8 Å². The van der Waals surface area contributed by atoms with Crippen LogP contribution in [0.1, 0.15) is 62.8 Å². The molecule has 1 aliphatic heterocycles. The molecule has 4 rings (SSSR count). The summed E-state index contributed by atoms with van der Waals surface area (Å²) in [6.07, 6.45) is 6.87. The van der Waals surface area contributed by atoms with Gasteiger partial charge >= 0.3 is 0 Å². The molecule has 1 saturated heterocycles. The fraction of sp³-hybridized carbons (Fsp3) is 0.636. The maximum Gasteiger partial charge on any atom is 0.248 e. The molecule has 2 aliphatic rings. The van der Waals surface area contributed by atoms with Crippen molar-refractivity contribution in [2.24, 2.45) is 5.92 Å². The van der Waals surface area contributed by atoms with Crippen molar-refractivity contribution in [1.29, 1.82) is 0 Å². The minimum atomic E-state index is 0.125. The molecule has 0 bridgehead atoms. The van der Waals surface area contributed by atoms with Crippen LogP contribution in [0.3, 0.4) is 0 Å². The number of piperidine rings is 1. The van der Waals surface area contributed by atoms with Crippen LogP contribution in [0.2, 0.25) is 0 Å². The SMILES string of the molecule is Cc1cccc2nc(C3CCN(C(=O)COC4CCCCC4C)CC3)oc12. The number of aryl methyl sites for hydroxylation is 1. The summed E-state index contributed by atoms with van der Waals surface area (Å²) in [4.78, 5) is 19.2. The van der Waals surface area contributed by atoms with E-state index < -0.39 is 0 Å². The van der Waals surface area contributed by atoms with E-state index in [1.807, 2.05) is 30.0 Å². The Bertz CT molecular complexity index is 792. The molecule has 0 radical (unpaired) electrons. The Balaban J connectivity index is 1.30. The predicted octanol–water partition coefficient (Wildman–Crippen LogP) is 4.44. The van der Waals surface area contributed by atoms with E-state index in [-0.39, 0.29) is 18.6 Å². The van der Waals surface area contributed by atoms with Crippen molar-refractivity contribution in [1.82, 2.24) is 9.88 Å². The molecule has 2 atom stereocenters. The number of hydrogen-bond acceptors (Lipinski definition) is 4. The zero-order valence-corrected chi connectivity index (χ0v) is 16.4. The largest absolute Gasteiger partial charge is 0.440 e. The van der Waals surface area contributed by atoms with Crippen LogP contribution in [0.5, 0.6) is 0 Å². The number of nitrogens with zero attached hydrogens (tertiary/aromatic N) is 2. The van der Waals surface area contributed by atoms with E-state index in [1.165, 1.54) is 19.3 Å². The number of hydrogen-bond donors (Lipinski definition) is 0. The lowest BCUT2D eigenvalue weighted by molar-refractivity contribution is -0.141. The van der Waals surface area contributed by atoms with Gasteiger partial charge in [-0.3, -0.25) is 4.79 Å². The lowest BCUT2D eigenvalue weighted by Gasteiger charge is -2.32. The van der Waals surface area contributed by atoms with Crippen molar-refractivity contribution in [2.75, 3.05) is 19.7 Å². The number of para-hydroxylation sites is 1. The number of ether oxygens (including phenoxy) is 1. The highest BCUT2D eigenvalue weighted by Crippen LogP contribution is 2.31. The van der Waals surface area contributed by atoms with Crippen LogP contribution in [0.15, 0.2) is 22.6 Å². The smallest absolute Gasteiger partial charge is 0.248 e. The average Bonchev–Trinajstić information content (AvgIpc) is 3.13. The van der Waals surface area contributed by atoms with Crippen LogP contribution >= 0.6 is 0 Å². The number of carbonyl (C=O) groups excluding carboxylic acids is 1. The number of amides is 1. The van der Waals surface area contributed by atoms with Gasteiger partial charge < -0.3 is 14.1 Å². The second kappa shape index (κ2) is 8.01. The van der Waals surface area contributed by atoms with Gasteiger partial charge in [-0.05, 0) is 50.2 Å². The number of likely N-dealkylation sites (tertiary alicyclic amines) is 1.